The largest absolute Gasteiger partial charge is 0.396 e. The third-order valence-electron chi connectivity index (χ3n) is 1.95. The van der Waals surface area contributed by atoms with Crippen molar-refractivity contribution in [2.45, 2.75) is 6.92 Å². The Labute approximate surface area is 84.0 Å². The number of pyridine rings is 1. The van der Waals surface area contributed by atoms with Crippen molar-refractivity contribution in [3.8, 4) is 6.07 Å². The quantitative estimate of drug-likeness (QED) is 0.779. The first kappa shape index (κ1) is 10.3. The van der Waals surface area contributed by atoms with Crippen molar-refractivity contribution in [2.24, 2.45) is 5.92 Å². The van der Waals surface area contributed by atoms with Crippen LogP contribution < -0.4 is 10.6 Å². The lowest BCUT2D eigenvalue weighted by Crippen LogP contribution is -2.24. The smallest absolute Gasteiger partial charge is 0.151 e. The Morgan fingerprint density at radius 3 is 3.00 bits per heavy atom. The average molecular weight is 190 g/mol. The number of nitrogen functional groups attached to an aromatic ring is 1. The molecule has 4 nitrogen and oxygen atoms in total. The summed E-state index contributed by atoms with van der Waals surface area (Å²) in [4.78, 5) is 6.05. The molecule has 2 N–H and O–H groups in total. The van der Waals surface area contributed by atoms with E-state index in [9.17, 15) is 0 Å². The van der Waals surface area contributed by atoms with Crippen molar-refractivity contribution in [2.75, 3.05) is 24.2 Å². The van der Waals surface area contributed by atoms with E-state index in [4.69, 9.17) is 11.0 Å². The minimum absolute atomic E-state index is 0.0265. The summed E-state index contributed by atoms with van der Waals surface area (Å²) >= 11 is 0. The second-order valence-electron chi connectivity index (χ2n) is 3.33. The van der Waals surface area contributed by atoms with E-state index < -0.39 is 0 Å². The predicted molar refractivity (Wildman–Crippen MR) is 56.7 cm³/mol. The van der Waals surface area contributed by atoms with Gasteiger partial charge in [-0.25, -0.2) is 4.98 Å². The Hall–Kier alpha value is -1.76. The monoisotopic (exact) mass is 190 g/mol. The van der Waals surface area contributed by atoms with Gasteiger partial charge in [0.15, 0.2) is 5.82 Å². The average Bonchev–Trinajstić information content (AvgIpc) is 2.18. The van der Waals surface area contributed by atoms with Gasteiger partial charge >= 0.3 is 0 Å². The fraction of sp³-hybridized carbons (Fsp3) is 0.400. The molecule has 14 heavy (non-hydrogen) atoms. The molecule has 0 amide bonds. The maximum absolute atomic E-state index is 8.67. The van der Waals surface area contributed by atoms with E-state index in [1.807, 2.05) is 18.9 Å². The van der Waals surface area contributed by atoms with Crippen molar-refractivity contribution < 1.29 is 0 Å². The number of hydrogen-bond acceptors (Lipinski definition) is 4. The van der Waals surface area contributed by atoms with Crippen LogP contribution in [0.15, 0.2) is 18.3 Å². The maximum atomic E-state index is 8.67. The molecule has 0 aromatic carbocycles. The highest BCUT2D eigenvalue weighted by molar-refractivity contribution is 5.61. The first-order valence-corrected chi connectivity index (χ1v) is 4.46. The van der Waals surface area contributed by atoms with Crippen LogP contribution in [0.3, 0.4) is 0 Å². The Kier molecular flexibility index (Phi) is 3.29. The van der Waals surface area contributed by atoms with Gasteiger partial charge in [-0.05, 0) is 19.1 Å². The molecule has 1 aromatic rings. The van der Waals surface area contributed by atoms with Gasteiger partial charge in [0.1, 0.15) is 0 Å². The lowest BCUT2D eigenvalue weighted by Gasteiger charge is -2.20. The first-order chi connectivity index (χ1) is 6.65. The molecule has 0 aliphatic carbocycles. The highest BCUT2D eigenvalue weighted by atomic mass is 15.2. The molecule has 1 heterocycles. The molecule has 0 aliphatic rings. The third kappa shape index (κ3) is 2.36. The molecule has 0 radical (unpaired) electrons. The van der Waals surface area contributed by atoms with E-state index in [0.717, 1.165) is 5.82 Å². The van der Waals surface area contributed by atoms with Gasteiger partial charge in [0, 0.05) is 19.8 Å². The zero-order valence-electron chi connectivity index (χ0n) is 8.44. The van der Waals surface area contributed by atoms with Gasteiger partial charge < -0.3 is 10.6 Å². The summed E-state index contributed by atoms with van der Waals surface area (Å²) in [7, 11) is 1.88. The molecule has 0 aliphatic heterocycles. The highest BCUT2D eigenvalue weighted by Crippen LogP contribution is 2.18. The third-order valence-corrected chi connectivity index (χ3v) is 1.95. The van der Waals surface area contributed by atoms with Gasteiger partial charge in [0.2, 0.25) is 0 Å². The van der Waals surface area contributed by atoms with Crippen molar-refractivity contribution in [1.82, 2.24) is 4.98 Å². The molecular formula is C10H14N4. The molecule has 0 saturated heterocycles. The molecule has 0 bridgehead atoms. The van der Waals surface area contributed by atoms with Gasteiger partial charge in [-0.1, -0.05) is 0 Å². The molecule has 1 atom stereocenters. The van der Waals surface area contributed by atoms with E-state index >= 15 is 0 Å². The fourth-order valence-electron chi connectivity index (χ4n) is 1.27. The molecule has 4 heteroatoms. The normalized spacial score (nSPS) is 11.8. The highest BCUT2D eigenvalue weighted by Gasteiger charge is 2.09. The van der Waals surface area contributed by atoms with E-state index in [1.54, 1.807) is 18.3 Å². The minimum atomic E-state index is -0.0265. The number of nitrogens with zero attached hydrogens (tertiary/aromatic N) is 3. The standard InChI is InChI=1S/C10H14N4/c1-8(6-11)7-14(2)10-9(12)4-3-5-13-10/h3-5,8H,7,12H2,1-2H3. The molecular weight excluding hydrogens is 176 g/mol. The number of hydrogen-bond donors (Lipinski definition) is 1. The second-order valence-corrected chi connectivity index (χ2v) is 3.33. The van der Waals surface area contributed by atoms with Gasteiger partial charge in [0.25, 0.3) is 0 Å². The Morgan fingerprint density at radius 1 is 1.71 bits per heavy atom. The van der Waals surface area contributed by atoms with Crippen LogP contribution in [-0.2, 0) is 0 Å². The van der Waals surface area contributed by atoms with Crippen LogP contribution >= 0.6 is 0 Å². The molecule has 0 saturated carbocycles. The molecule has 74 valence electrons. The zero-order valence-corrected chi connectivity index (χ0v) is 8.44. The van der Waals surface area contributed by atoms with Gasteiger partial charge in [-0.15, -0.1) is 0 Å². The number of rotatable bonds is 3. The van der Waals surface area contributed by atoms with Crippen LogP contribution in [0.4, 0.5) is 11.5 Å². The van der Waals surface area contributed by atoms with E-state index in [-0.39, 0.29) is 5.92 Å². The van der Waals surface area contributed by atoms with Crippen molar-refractivity contribution >= 4 is 11.5 Å². The Morgan fingerprint density at radius 2 is 2.43 bits per heavy atom. The van der Waals surface area contributed by atoms with Crippen molar-refractivity contribution in [1.29, 1.82) is 5.26 Å². The Bertz CT molecular complexity index is 342. The van der Waals surface area contributed by atoms with Crippen LogP contribution in [0.5, 0.6) is 0 Å². The Balaban J connectivity index is 2.75. The summed E-state index contributed by atoms with van der Waals surface area (Å²) in [5.41, 5.74) is 6.39. The number of anilines is 2. The summed E-state index contributed by atoms with van der Waals surface area (Å²) < 4.78 is 0. The van der Waals surface area contributed by atoms with Crippen LogP contribution in [0, 0.1) is 17.2 Å². The summed E-state index contributed by atoms with van der Waals surface area (Å²) in [5.74, 6) is 0.705. The molecule has 0 spiro atoms. The lowest BCUT2D eigenvalue weighted by atomic mass is 10.2. The first-order valence-electron chi connectivity index (χ1n) is 4.46. The molecule has 1 unspecified atom stereocenters. The molecule has 1 rings (SSSR count). The molecule has 1 aromatic heterocycles. The summed E-state index contributed by atoms with van der Waals surface area (Å²) in [5, 5.41) is 8.67. The van der Waals surface area contributed by atoms with Gasteiger partial charge in [0.05, 0.1) is 17.7 Å². The predicted octanol–water partition coefficient (Wildman–Crippen LogP) is 1.26. The SMILES string of the molecule is CC(C#N)CN(C)c1ncccc1N. The number of nitrogens with two attached hydrogens (primary N) is 1. The topological polar surface area (TPSA) is 65.9 Å². The van der Waals surface area contributed by atoms with Crippen LogP contribution in [0.1, 0.15) is 6.92 Å². The van der Waals surface area contributed by atoms with E-state index in [2.05, 4.69) is 11.1 Å². The lowest BCUT2D eigenvalue weighted by molar-refractivity contribution is 0.711. The van der Waals surface area contributed by atoms with Crippen LogP contribution in [0.25, 0.3) is 0 Å². The van der Waals surface area contributed by atoms with E-state index in [1.165, 1.54) is 0 Å². The number of nitriles is 1. The summed E-state index contributed by atoms with van der Waals surface area (Å²) in [6, 6.07) is 5.77. The van der Waals surface area contributed by atoms with Crippen LogP contribution in [0.2, 0.25) is 0 Å². The van der Waals surface area contributed by atoms with Crippen molar-refractivity contribution in [3.63, 3.8) is 0 Å². The van der Waals surface area contributed by atoms with Gasteiger partial charge in [-0.3, -0.25) is 0 Å². The minimum Gasteiger partial charge on any atom is -0.396 e. The van der Waals surface area contributed by atoms with Crippen LogP contribution in [-0.4, -0.2) is 18.6 Å². The van der Waals surface area contributed by atoms with Gasteiger partial charge in [-0.2, -0.15) is 5.26 Å². The fourth-order valence-corrected chi connectivity index (χ4v) is 1.27. The molecule has 0 fully saturated rings. The second kappa shape index (κ2) is 4.47. The van der Waals surface area contributed by atoms with Crippen molar-refractivity contribution in [3.05, 3.63) is 18.3 Å². The number of aromatic nitrogens is 1. The maximum Gasteiger partial charge on any atom is 0.151 e. The van der Waals surface area contributed by atoms with E-state index in [0.29, 0.717) is 12.2 Å². The summed E-state index contributed by atoms with van der Waals surface area (Å²) in [6.07, 6.45) is 1.69. The zero-order chi connectivity index (χ0) is 10.6. The summed E-state index contributed by atoms with van der Waals surface area (Å²) in [6.45, 7) is 2.51.